The highest BCUT2D eigenvalue weighted by atomic mass is 35.5. The first kappa shape index (κ1) is 19.3. The number of benzene rings is 2. The second-order valence-electron chi connectivity index (χ2n) is 6.57. The molecule has 0 unspecified atom stereocenters. The maximum Gasteiger partial charge on any atom is 0.260 e. The minimum Gasteiger partial charge on any atom is -0.323 e. The summed E-state index contributed by atoms with van der Waals surface area (Å²) in [5.41, 5.74) is -0.0982. The van der Waals surface area contributed by atoms with Crippen molar-refractivity contribution in [2.45, 2.75) is 32.1 Å². The van der Waals surface area contributed by atoms with Crippen molar-refractivity contribution in [3.05, 3.63) is 58.6 Å². The molecule has 3 rings (SSSR count). The second kappa shape index (κ2) is 8.48. The molecule has 2 amide bonds. The third-order valence-electron chi connectivity index (χ3n) is 4.65. The van der Waals surface area contributed by atoms with Crippen molar-refractivity contribution in [1.82, 2.24) is 0 Å². The van der Waals surface area contributed by atoms with Crippen molar-refractivity contribution in [2.24, 2.45) is 5.92 Å². The van der Waals surface area contributed by atoms with E-state index in [4.69, 9.17) is 11.6 Å². The van der Waals surface area contributed by atoms with Gasteiger partial charge in [0.15, 0.2) is 0 Å². The van der Waals surface area contributed by atoms with E-state index in [0.29, 0.717) is 0 Å². The van der Waals surface area contributed by atoms with Gasteiger partial charge in [-0.15, -0.1) is 0 Å². The van der Waals surface area contributed by atoms with E-state index in [1.54, 1.807) is 0 Å². The quantitative estimate of drug-likeness (QED) is 0.732. The molecule has 1 saturated carbocycles. The Bertz CT molecular complexity index is 847. The molecule has 1 fully saturated rings. The van der Waals surface area contributed by atoms with Gasteiger partial charge in [0.1, 0.15) is 11.6 Å². The van der Waals surface area contributed by atoms with Crippen molar-refractivity contribution in [2.75, 3.05) is 10.6 Å². The highest BCUT2D eigenvalue weighted by Gasteiger charge is 2.22. The van der Waals surface area contributed by atoms with Crippen LogP contribution >= 0.6 is 11.6 Å². The molecule has 0 aromatic heterocycles. The molecule has 0 aliphatic heterocycles. The fraction of sp³-hybridized carbons (Fsp3) is 0.300. The Morgan fingerprint density at radius 2 is 1.70 bits per heavy atom. The fourth-order valence-corrected chi connectivity index (χ4v) is 3.46. The van der Waals surface area contributed by atoms with E-state index in [-0.39, 0.29) is 33.8 Å². The average Bonchev–Trinajstić information content (AvgIpc) is 2.65. The molecule has 0 spiro atoms. The van der Waals surface area contributed by atoms with Crippen molar-refractivity contribution in [3.8, 4) is 0 Å². The van der Waals surface area contributed by atoms with Gasteiger partial charge in [0, 0.05) is 11.6 Å². The lowest BCUT2D eigenvalue weighted by Crippen LogP contribution is -2.25. The zero-order chi connectivity index (χ0) is 19.4. The van der Waals surface area contributed by atoms with Crippen LogP contribution in [0.5, 0.6) is 0 Å². The first-order chi connectivity index (χ1) is 13.0. The van der Waals surface area contributed by atoms with Crippen LogP contribution in [0.4, 0.5) is 20.2 Å². The molecular weight excluding hydrogens is 374 g/mol. The summed E-state index contributed by atoms with van der Waals surface area (Å²) >= 11 is 5.88. The van der Waals surface area contributed by atoms with Crippen LogP contribution < -0.4 is 10.6 Å². The molecule has 7 heteroatoms. The number of amides is 2. The molecule has 1 aliphatic carbocycles. The molecule has 2 aromatic rings. The Kier molecular flexibility index (Phi) is 6.06. The normalized spacial score (nSPS) is 14.6. The van der Waals surface area contributed by atoms with Crippen LogP contribution in [0.3, 0.4) is 0 Å². The molecule has 0 heterocycles. The Balaban J connectivity index is 1.75. The highest BCUT2D eigenvalue weighted by Crippen LogP contribution is 2.27. The third-order valence-corrected chi connectivity index (χ3v) is 4.96. The van der Waals surface area contributed by atoms with Gasteiger partial charge in [0.2, 0.25) is 5.91 Å². The number of nitrogens with one attached hydrogen (secondary N) is 2. The Morgan fingerprint density at radius 1 is 0.963 bits per heavy atom. The fourth-order valence-electron chi connectivity index (χ4n) is 3.21. The summed E-state index contributed by atoms with van der Waals surface area (Å²) < 4.78 is 27.9. The van der Waals surface area contributed by atoms with E-state index in [2.05, 4.69) is 10.6 Å². The summed E-state index contributed by atoms with van der Waals surface area (Å²) in [5.74, 6) is -2.48. The summed E-state index contributed by atoms with van der Waals surface area (Å²) in [6.45, 7) is 0. The number of carbonyl (C=O) groups excluding carboxylic acids is 2. The van der Waals surface area contributed by atoms with Crippen molar-refractivity contribution in [1.29, 1.82) is 0 Å². The minimum absolute atomic E-state index is 0.0250. The molecule has 0 atom stereocenters. The number of hydrogen-bond acceptors (Lipinski definition) is 2. The summed E-state index contributed by atoms with van der Waals surface area (Å²) in [6, 6.07) is 7.70. The van der Waals surface area contributed by atoms with Crippen LogP contribution in [-0.2, 0) is 4.79 Å². The van der Waals surface area contributed by atoms with Gasteiger partial charge >= 0.3 is 0 Å². The van der Waals surface area contributed by atoms with E-state index < -0.39 is 17.5 Å². The number of hydrogen-bond donors (Lipinski definition) is 2. The smallest absolute Gasteiger partial charge is 0.260 e. The standard InChI is InChI=1S/C20H19ClF2N2O2/c21-14-7-4-8-16(23)18(14)20(27)24-13-9-10-15(22)17(11-13)25-19(26)12-5-2-1-3-6-12/h4,7-12H,1-3,5-6H2,(H,24,27)(H,25,26). The maximum absolute atomic E-state index is 14.1. The van der Waals surface area contributed by atoms with Crippen LogP contribution in [0.15, 0.2) is 36.4 Å². The molecule has 4 nitrogen and oxygen atoms in total. The summed E-state index contributed by atoms with van der Waals surface area (Å²) in [5, 5.41) is 5.04. The van der Waals surface area contributed by atoms with Crippen LogP contribution in [0.25, 0.3) is 0 Å². The van der Waals surface area contributed by atoms with E-state index in [0.717, 1.165) is 44.2 Å². The average molecular weight is 393 g/mol. The first-order valence-corrected chi connectivity index (χ1v) is 9.19. The van der Waals surface area contributed by atoms with Gasteiger partial charge in [0.05, 0.1) is 16.3 Å². The van der Waals surface area contributed by atoms with Gasteiger partial charge in [-0.2, -0.15) is 0 Å². The van der Waals surface area contributed by atoms with Gasteiger partial charge in [-0.3, -0.25) is 9.59 Å². The van der Waals surface area contributed by atoms with Crippen LogP contribution in [0.2, 0.25) is 5.02 Å². The maximum atomic E-state index is 14.1. The van der Waals surface area contributed by atoms with E-state index in [9.17, 15) is 18.4 Å². The summed E-state index contributed by atoms with van der Waals surface area (Å²) in [4.78, 5) is 24.6. The van der Waals surface area contributed by atoms with Crippen molar-refractivity contribution in [3.63, 3.8) is 0 Å². The summed E-state index contributed by atoms with van der Waals surface area (Å²) in [7, 11) is 0. The summed E-state index contributed by atoms with van der Waals surface area (Å²) in [6.07, 6.45) is 4.66. The number of anilines is 2. The Labute approximate surface area is 160 Å². The molecule has 0 saturated heterocycles. The molecule has 27 heavy (non-hydrogen) atoms. The van der Waals surface area contributed by atoms with Gasteiger partial charge in [-0.25, -0.2) is 8.78 Å². The van der Waals surface area contributed by atoms with Crippen LogP contribution in [0, 0.1) is 17.6 Å². The SMILES string of the molecule is O=C(Nc1ccc(F)c(NC(=O)C2CCCCC2)c1)c1c(F)cccc1Cl. The highest BCUT2D eigenvalue weighted by molar-refractivity contribution is 6.34. The molecule has 2 N–H and O–H groups in total. The number of carbonyl (C=O) groups is 2. The van der Waals surface area contributed by atoms with Gasteiger partial charge in [-0.1, -0.05) is 36.9 Å². The topological polar surface area (TPSA) is 58.2 Å². The van der Waals surface area contributed by atoms with Crippen LogP contribution in [0.1, 0.15) is 42.5 Å². The van der Waals surface area contributed by atoms with E-state index in [1.165, 1.54) is 24.3 Å². The first-order valence-electron chi connectivity index (χ1n) is 8.81. The van der Waals surface area contributed by atoms with E-state index >= 15 is 0 Å². The Hall–Kier alpha value is -2.47. The van der Waals surface area contributed by atoms with Gasteiger partial charge in [0.25, 0.3) is 5.91 Å². The number of halogens is 3. The monoisotopic (exact) mass is 392 g/mol. The molecule has 1 aliphatic rings. The lowest BCUT2D eigenvalue weighted by molar-refractivity contribution is -0.120. The second-order valence-corrected chi connectivity index (χ2v) is 6.98. The van der Waals surface area contributed by atoms with Crippen molar-refractivity contribution < 1.29 is 18.4 Å². The van der Waals surface area contributed by atoms with Crippen LogP contribution in [-0.4, -0.2) is 11.8 Å². The molecule has 2 aromatic carbocycles. The molecule has 0 radical (unpaired) electrons. The van der Waals surface area contributed by atoms with Gasteiger partial charge < -0.3 is 10.6 Å². The van der Waals surface area contributed by atoms with Gasteiger partial charge in [-0.05, 0) is 43.2 Å². The predicted molar refractivity (Wildman–Crippen MR) is 101 cm³/mol. The lowest BCUT2D eigenvalue weighted by Gasteiger charge is -2.21. The number of rotatable bonds is 4. The largest absolute Gasteiger partial charge is 0.323 e. The van der Waals surface area contributed by atoms with E-state index in [1.807, 2.05) is 0 Å². The van der Waals surface area contributed by atoms with Crippen molar-refractivity contribution >= 4 is 34.8 Å². The molecule has 142 valence electrons. The zero-order valence-electron chi connectivity index (χ0n) is 14.5. The molecule has 0 bridgehead atoms. The predicted octanol–water partition coefficient (Wildman–Crippen LogP) is 5.39. The Morgan fingerprint density at radius 3 is 2.41 bits per heavy atom. The molecular formula is C20H19ClF2N2O2. The lowest BCUT2D eigenvalue weighted by atomic mass is 9.88. The minimum atomic E-state index is -0.757. The zero-order valence-corrected chi connectivity index (χ0v) is 15.3. The third kappa shape index (κ3) is 4.63.